The van der Waals surface area contributed by atoms with Crippen LogP contribution in [0, 0.1) is 0 Å². The van der Waals surface area contributed by atoms with Crippen LogP contribution in [-0.2, 0) is 11.3 Å². The van der Waals surface area contributed by atoms with Gasteiger partial charge in [0.25, 0.3) is 0 Å². The molecular formula is C22H39N3O2. The van der Waals surface area contributed by atoms with E-state index >= 15 is 0 Å². The maximum atomic E-state index is 12.1. The number of likely N-dealkylation sites (tertiary alicyclic amines) is 1. The zero-order valence-corrected chi connectivity index (χ0v) is 18.3. The molecule has 154 valence electrons. The summed E-state index contributed by atoms with van der Waals surface area (Å²) in [6, 6.07) is 9.03. The lowest BCUT2D eigenvalue weighted by molar-refractivity contribution is 0.0210. The van der Waals surface area contributed by atoms with Gasteiger partial charge in [0.2, 0.25) is 0 Å². The molecule has 0 aliphatic carbocycles. The van der Waals surface area contributed by atoms with E-state index in [1.807, 2.05) is 39.5 Å². The normalized spacial score (nSPS) is 15.2. The molecule has 1 aromatic rings. The Hall–Kier alpha value is -1.75. The molecule has 0 spiro atoms. The zero-order chi connectivity index (χ0) is 20.4. The van der Waals surface area contributed by atoms with Crippen LogP contribution < -0.4 is 5.32 Å². The van der Waals surface area contributed by atoms with Crippen molar-refractivity contribution in [3.63, 3.8) is 0 Å². The summed E-state index contributed by atoms with van der Waals surface area (Å²) in [7, 11) is 2.13. The van der Waals surface area contributed by atoms with Crippen molar-refractivity contribution in [2.45, 2.75) is 72.6 Å². The summed E-state index contributed by atoms with van der Waals surface area (Å²) in [5.74, 6) is 0. The van der Waals surface area contributed by atoms with Crippen molar-refractivity contribution in [3.05, 3.63) is 29.8 Å². The SMILES string of the molecule is CC.CCN(C)Cc1cccc(NC2CCN(C(=O)OC(C)(C)C)CC2)c1. The molecule has 0 atom stereocenters. The predicted octanol–water partition coefficient (Wildman–Crippen LogP) is 4.98. The summed E-state index contributed by atoms with van der Waals surface area (Å²) in [6.07, 6.45) is 1.69. The van der Waals surface area contributed by atoms with Crippen molar-refractivity contribution < 1.29 is 9.53 Å². The number of rotatable bonds is 5. The number of nitrogens with one attached hydrogen (secondary N) is 1. The van der Waals surface area contributed by atoms with E-state index in [-0.39, 0.29) is 6.09 Å². The minimum Gasteiger partial charge on any atom is -0.444 e. The van der Waals surface area contributed by atoms with Crippen LogP contribution in [0.5, 0.6) is 0 Å². The number of benzene rings is 1. The van der Waals surface area contributed by atoms with E-state index in [0.717, 1.165) is 44.7 Å². The van der Waals surface area contributed by atoms with Gasteiger partial charge in [-0.1, -0.05) is 32.9 Å². The van der Waals surface area contributed by atoms with Gasteiger partial charge >= 0.3 is 6.09 Å². The second-order valence-electron chi connectivity index (χ2n) is 7.92. The average molecular weight is 378 g/mol. The molecule has 27 heavy (non-hydrogen) atoms. The molecular weight excluding hydrogens is 338 g/mol. The second kappa shape index (κ2) is 11.2. The van der Waals surface area contributed by atoms with Crippen molar-refractivity contribution in [2.75, 3.05) is 32.0 Å². The topological polar surface area (TPSA) is 44.8 Å². The Morgan fingerprint density at radius 2 is 1.89 bits per heavy atom. The average Bonchev–Trinajstić information content (AvgIpc) is 2.63. The molecule has 1 aliphatic heterocycles. The predicted molar refractivity (Wildman–Crippen MR) is 114 cm³/mol. The molecule has 0 radical (unpaired) electrons. The van der Waals surface area contributed by atoms with Crippen LogP contribution in [-0.4, -0.2) is 54.2 Å². The first-order valence-corrected chi connectivity index (χ1v) is 10.3. The van der Waals surface area contributed by atoms with E-state index in [1.54, 1.807) is 0 Å². The summed E-state index contributed by atoms with van der Waals surface area (Å²) in [5.41, 5.74) is 2.05. The summed E-state index contributed by atoms with van der Waals surface area (Å²) in [6.45, 7) is 15.4. The Bertz CT molecular complexity index is 561. The second-order valence-corrected chi connectivity index (χ2v) is 7.92. The Balaban J connectivity index is 0.00000176. The quantitative estimate of drug-likeness (QED) is 0.786. The smallest absolute Gasteiger partial charge is 0.410 e. The van der Waals surface area contributed by atoms with E-state index in [1.165, 1.54) is 5.56 Å². The lowest BCUT2D eigenvalue weighted by atomic mass is 10.0. The van der Waals surface area contributed by atoms with Gasteiger partial charge in [-0.3, -0.25) is 0 Å². The molecule has 1 aliphatic rings. The van der Waals surface area contributed by atoms with Gasteiger partial charge in [-0.05, 0) is 64.9 Å². The molecule has 1 amide bonds. The largest absolute Gasteiger partial charge is 0.444 e. The Morgan fingerprint density at radius 3 is 2.44 bits per heavy atom. The van der Waals surface area contributed by atoms with Crippen molar-refractivity contribution >= 4 is 11.8 Å². The number of piperidine rings is 1. The highest BCUT2D eigenvalue weighted by molar-refractivity contribution is 5.68. The number of carbonyl (C=O) groups excluding carboxylic acids is 1. The minimum atomic E-state index is -0.432. The zero-order valence-electron chi connectivity index (χ0n) is 18.3. The summed E-state index contributed by atoms with van der Waals surface area (Å²) < 4.78 is 5.46. The van der Waals surface area contributed by atoms with Crippen LogP contribution in [0.4, 0.5) is 10.5 Å². The fraction of sp³-hybridized carbons (Fsp3) is 0.682. The molecule has 1 saturated heterocycles. The van der Waals surface area contributed by atoms with Gasteiger partial charge in [-0.25, -0.2) is 4.79 Å². The van der Waals surface area contributed by atoms with Gasteiger partial charge in [0.05, 0.1) is 0 Å². The molecule has 5 nitrogen and oxygen atoms in total. The Kier molecular flexibility index (Phi) is 9.64. The van der Waals surface area contributed by atoms with Crippen LogP contribution in [0.25, 0.3) is 0 Å². The third-order valence-electron chi connectivity index (χ3n) is 4.44. The summed E-state index contributed by atoms with van der Waals surface area (Å²) in [5, 5.41) is 3.62. The number of ether oxygens (including phenoxy) is 1. The van der Waals surface area contributed by atoms with Crippen molar-refractivity contribution in [1.29, 1.82) is 0 Å². The van der Waals surface area contributed by atoms with Gasteiger partial charge in [0, 0.05) is 31.4 Å². The summed E-state index contributed by atoms with van der Waals surface area (Å²) >= 11 is 0. The lowest BCUT2D eigenvalue weighted by Gasteiger charge is -2.34. The van der Waals surface area contributed by atoms with E-state index in [4.69, 9.17) is 4.74 Å². The lowest BCUT2D eigenvalue weighted by Crippen LogP contribution is -2.44. The van der Waals surface area contributed by atoms with Gasteiger partial charge in [0.15, 0.2) is 0 Å². The van der Waals surface area contributed by atoms with Crippen LogP contribution in [0.15, 0.2) is 24.3 Å². The number of hydrogen-bond donors (Lipinski definition) is 1. The summed E-state index contributed by atoms with van der Waals surface area (Å²) in [4.78, 5) is 16.2. The Labute approximate surface area is 166 Å². The first kappa shape index (κ1) is 23.3. The fourth-order valence-electron chi connectivity index (χ4n) is 2.95. The third-order valence-corrected chi connectivity index (χ3v) is 4.44. The molecule has 1 N–H and O–H groups in total. The maximum Gasteiger partial charge on any atom is 0.410 e. The minimum absolute atomic E-state index is 0.199. The highest BCUT2D eigenvalue weighted by atomic mass is 16.6. The number of hydrogen-bond acceptors (Lipinski definition) is 4. The van der Waals surface area contributed by atoms with Gasteiger partial charge in [-0.15, -0.1) is 0 Å². The van der Waals surface area contributed by atoms with E-state index in [9.17, 15) is 4.79 Å². The molecule has 2 rings (SSSR count). The number of amides is 1. The van der Waals surface area contributed by atoms with Crippen LogP contribution in [0.3, 0.4) is 0 Å². The Morgan fingerprint density at radius 1 is 1.26 bits per heavy atom. The molecule has 1 aromatic carbocycles. The van der Waals surface area contributed by atoms with E-state index in [2.05, 4.69) is 48.5 Å². The highest BCUT2D eigenvalue weighted by Gasteiger charge is 2.26. The van der Waals surface area contributed by atoms with Crippen molar-refractivity contribution in [2.24, 2.45) is 0 Å². The van der Waals surface area contributed by atoms with E-state index in [0.29, 0.717) is 6.04 Å². The maximum absolute atomic E-state index is 12.1. The first-order valence-electron chi connectivity index (χ1n) is 10.3. The monoisotopic (exact) mass is 377 g/mol. The van der Waals surface area contributed by atoms with Crippen molar-refractivity contribution in [3.8, 4) is 0 Å². The number of carbonyl (C=O) groups is 1. The van der Waals surface area contributed by atoms with E-state index < -0.39 is 5.60 Å². The van der Waals surface area contributed by atoms with Crippen molar-refractivity contribution in [1.82, 2.24) is 9.80 Å². The molecule has 0 saturated carbocycles. The van der Waals surface area contributed by atoms with Gasteiger partial charge < -0.3 is 19.9 Å². The highest BCUT2D eigenvalue weighted by Crippen LogP contribution is 2.20. The fourth-order valence-corrected chi connectivity index (χ4v) is 2.95. The van der Waals surface area contributed by atoms with Crippen LogP contribution >= 0.6 is 0 Å². The molecule has 0 unspecified atom stereocenters. The molecule has 1 fully saturated rings. The molecule has 5 heteroatoms. The number of nitrogens with zero attached hydrogens (tertiary/aromatic N) is 2. The number of anilines is 1. The molecule has 1 heterocycles. The standard InChI is InChI=1S/C20H33N3O2.C2H6/c1-6-22(5)15-16-8-7-9-18(14-16)21-17-10-12-23(13-11-17)19(24)25-20(2,3)4;1-2/h7-9,14,17,21H,6,10-13,15H2,1-5H3;1-2H3. The van der Waals surface area contributed by atoms with Crippen LogP contribution in [0.2, 0.25) is 0 Å². The molecule has 0 aromatic heterocycles. The molecule has 0 bridgehead atoms. The van der Waals surface area contributed by atoms with Crippen LogP contribution in [0.1, 0.15) is 59.9 Å². The first-order chi connectivity index (χ1) is 12.8. The van der Waals surface area contributed by atoms with Gasteiger partial charge in [-0.2, -0.15) is 0 Å². The third kappa shape index (κ3) is 8.65. The van der Waals surface area contributed by atoms with Gasteiger partial charge in [0.1, 0.15) is 5.60 Å².